The van der Waals surface area contributed by atoms with Gasteiger partial charge in [-0.3, -0.25) is 4.79 Å². The third-order valence-corrected chi connectivity index (χ3v) is 3.90. The number of amides is 1. The summed E-state index contributed by atoms with van der Waals surface area (Å²) in [5.41, 5.74) is 5.94. The number of rotatable bonds is 4. The topological polar surface area (TPSA) is 55.1 Å². The molecule has 1 saturated carbocycles. The number of nitrogens with two attached hydrogens (primary N) is 1. The van der Waals surface area contributed by atoms with Gasteiger partial charge in [0.1, 0.15) is 0 Å². The van der Waals surface area contributed by atoms with Crippen LogP contribution in [0.2, 0.25) is 0 Å². The highest BCUT2D eigenvalue weighted by molar-refractivity contribution is 5.86. The largest absolute Gasteiger partial charge is 0.352 e. The Balaban J connectivity index is 2.39. The fourth-order valence-corrected chi connectivity index (χ4v) is 2.50. The average Bonchev–Trinajstić information content (AvgIpc) is 2.26. The maximum atomic E-state index is 12.2. The van der Waals surface area contributed by atoms with Crippen LogP contribution in [0.25, 0.3) is 0 Å². The molecule has 0 bridgehead atoms. The van der Waals surface area contributed by atoms with Crippen LogP contribution in [-0.2, 0) is 4.79 Å². The van der Waals surface area contributed by atoms with E-state index in [9.17, 15) is 4.79 Å². The lowest BCUT2D eigenvalue weighted by atomic mass is 9.81. The normalized spacial score (nSPS) is 21.4. The quantitative estimate of drug-likeness (QED) is 0.810. The molecular formula is C15H30N2O. The Kier molecular flexibility index (Phi) is 5.20. The number of nitrogens with one attached hydrogen (secondary N) is 1. The van der Waals surface area contributed by atoms with Gasteiger partial charge in [-0.15, -0.1) is 0 Å². The molecule has 0 aromatic rings. The summed E-state index contributed by atoms with van der Waals surface area (Å²) in [6.07, 6.45) is 7.19. The summed E-state index contributed by atoms with van der Waals surface area (Å²) < 4.78 is 0. The first kappa shape index (κ1) is 15.5. The highest BCUT2D eigenvalue weighted by Crippen LogP contribution is 2.26. The third-order valence-electron chi connectivity index (χ3n) is 3.90. The van der Waals surface area contributed by atoms with Crippen molar-refractivity contribution < 1.29 is 4.79 Å². The minimum absolute atomic E-state index is 0.0589. The maximum absolute atomic E-state index is 12.2. The van der Waals surface area contributed by atoms with Gasteiger partial charge in [0.25, 0.3) is 0 Å². The minimum Gasteiger partial charge on any atom is -0.352 e. The molecule has 1 atom stereocenters. The molecule has 3 heteroatoms. The summed E-state index contributed by atoms with van der Waals surface area (Å²) >= 11 is 0. The zero-order valence-corrected chi connectivity index (χ0v) is 12.5. The van der Waals surface area contributed by atoms with E-state index >= 15 is 0 Å². The van der Waals surface area contributed by atoms with Gasteiger partial charge in [-0.25, -0.2) is 0 Å². The van der Waals surface area contributed by atoms with Crippen LogP contribution in [0.15, 0.2) is 0 Å². The molecule has 18 heavy (non-hydrogen) atoms. The molecule has 0 heterocycles. The third kappa shape index (κ3) is 4.97. The summed E-state index contributed by atoms with van der Waals surface area (Å²) in [5, 5.41) is 3.10. The molecule has 106 valence electrons. The first-order valence-electron chi connectivity index (χ1n) is 7.33. The molecule has 0 saturated heterocycles. The Labute approximate surface area is 112 Å². The Hall–Kier alpha value is -0.570. The summed E-state index contributed by atoms with van der Waals surface area (Å²) in [5.74, 6) is 0.0589. The zero-order chi connectivity index (χ0) is 13.8. The van der Waals surface area contributed by atoms with Crippen molar-refractivity contribution in [2.75, 3.05) is 0 Å². The van der Waals surface area contributed by atoms with Crippen LogP contribution < -0.4 is 11.1 Å². The van der Waals surface area contributed by atoms with Crippen molar-refractivity contribution in [2.45, 2.75) is 84.2 Å². The lowest BCUT2D eigenvalue weighted by Gasteiger charge is -2.33. The van der Waals surface area contributed by atoms with E-state index in [2.05, 4.69) is 33.0 Å². The predicted octanol–water partition coefficient (Wildman–Crippen LogP) is 2.98. The van der Waals surface area contributed by atoms with E-state index in [1.54, 1.807) is 0 Å². The van der Waals surface area contributed by atoms with Crippen molar-refractivity contribution in [2.24, 2.45) is 11.1 Å². The molecule has 0 aliphatic heterocycles. The van der Waals surface area contributed by atoms with Crippen LogP contribution in [0.1, 0.15) is 72.6 Å². The van der Waals surface area contributed by atoms with Gasteiger partial charge in [0.05, 0.1) is 5.54 Å². The molecule has 1 rings (SSSR count). The van der Waals surface area contributed by atoms with Gasteiger partial charge in [0.2, 0.25) is 5.91 Å². The second kappa shape index (κ2) is 6.05. The van der Waals surface area contributed by atoms with Crippen molar-refractivity contribution >= 4 is 5.91 Å². The molecule has 0 spiro atoms. The molecule has 1 unspecified atom stereocenters. The van der Waals surface area contributed by atoms with Gasteiger partial charge in [0, 0.05) is 6.04 Å². The molecule has 1 amide bonds. The summed E-state index contributed by atoms with van der Waals surface area (Å²) in [7, 11) is 0. The van der Waals surface area contributed by atoms with Crippen LogP contribution in [0.3, 0.4) is 0 Å². The Morgan fingerprint density at radius 1 is 1.28 bits per heavy atom. The summed E-state index contributed by atoms with van der Waals surface area (Å²) in [4.78, 5) is 12.2. The number of hydrogen-bond acceptors (Lipinski definition) is 2. The molecular weight excluding hydrogens is 224 g/mol. The lowest BCUT2D eigenvalue weighted by Crippen LogP contribution is -2.56. The fourth-order valence-electron chi connectivity index (χ4n) is 2.50. The minimum atomic E-state index is -0.603. The SMILES string of the molecule is CC(CCC(C)(C)C)NC(=O)C1(N)CCCCC1. The van der Waals surface area contributed by atoms with E-state index in [1.165, 1.54) is 6.42 Å². The van der Waals surface area contributed by atoms with Crippen molar-refractivity contribution in [1.29, 1.82) is 0 Å². The van der Waals surface area contributed by atoms with E-state index in [0.29, 0.717) is 5.41 Å². The van der Waals surface area contributed by atoms with Gasteiger partial charge >= 0.3 is 0 Å². The van der Waals surface area contributed by atoms with E-state index in [-0.39, 0.29) is 11.9 Å². The van der Waals surface area contributed by atoms with Crippen molar-refractivity contribution in [1.82, 2.24) is 5.32 Å². The van der Waals surface area contributed by atoms with E-state index in [0.717, 1.165) is 38.5 Å². The lowest BCUT2D eigenvalue weighted by molar-refractivity contribution is -0.128. The van der Waals surface area contributed by atoms with Gasteiger partial charge in [-0.05, 0) is 38.0 Å². The Bertz CT molecular complexity index is 275. The molecule has 3 nitrogen and oxygen atoms in total. The van der Waals surface area contributed by atoms with E-state index < -0.39 is 5.54 Å². The fraction of sp³-hybridized carbons (Fsp3) is 0.933. The standard InChI is InChI=1S/C15H30N2O/c1-12(8-11-14(2,3)4)17-13(18)15(16)9-6-5-7-10-15/h12H,5-11,16H2,1-4H3,(H,17,18). The zero-order valence-electron chi connectivity index (χ0n) is 12.5. The Morgan fingerprint density at radius 2 is 1.83 bits per heavy atom. The molecule has 0 aromatic carbocycles. The molecule has 3 N–H and O–H groups in total. The number of hydrogen-bond donors (Lipinski definition) is 2. The van der Waals surface area contributed by atoms with Gasteiger partial charge in [0.15, 0.2) is 0 Å². The second-order valence-corrected chi connectivity index (χ2v) is 7.19. The Morgan fingerprint density at radius 3 is 2.33 bits per heavy atom. The van der Waals surface area contributed by atoms with Crippen LogP contribution in [0.4, 0.5) is 0 Å². The first-order valence-corrected chi connectivity index (χ1v) is 7.33. The van der Waals surface area contributed by atoms with Gasteiger partial charge in [-0.1, -0.05) is 40.0 Å². The van der Waals surface area contributed by atoms with Gasteiger partial charge in [-0.2, -0.15) is 0 Å². The van der Waals surface area contributed by atoms with Crippen LogP contribution in [0.5, 0.6) is 0 Å². The molecule has 0 aromatic heterocycles. The number of carbonyl (C=O) groups excluding carboxylic acids is 1. The molecule has 1 fully saturated rings. The average molecular weight is 254 g/mol. The first-order chi connectivity index (χ1) is 8.23. The maximum Gasteiger partial charge on any atom is 0.240 e. The highest BCUT2D eigenvalue weighted by atomic mass is 16.2. The van der Waals surface area contributed by atoms with Crippen LogP contribution in [0, 0.1) is 5.41 Å². The van der Waals surface area contributed by atoms with E-state index in [4.69, 9.17) is 5.73 Å². The van der Waals surface area contributed by atoms with Crippen LogP contribution in [-0.4, -0.2) is 17.5 Å². The monoisotopic (exact) mass is 254 g/mol. The van der Waals surface area contributed by atoms with Crippen molar-refractivity contribution in [3.8, 4) is 0 Å². The summed E-state index contributed by atoms with van der Waals surface area (Å²) in [6, 6.07) is 0.221. The number of carbonyl (C=O) groups is 1. The molecule has 1 aliphatic rings. The van der Waals surface area contributed by atoms with Gasteiger partial charge < -0.3 is 11.1 Å². The molecule has 1 aliphatic carbocycles. The smallest absolute Gasteiger partial charge is 0.240 e. The van der Waals surface area contributed by atoms with Crippen molar-refractivity contribution in [3.63, 3.8) is 0 Å². The van der Waals surface area contributed by atoms with E-state index in [1.807, 2.05) is 0 Å². The van der Waals surface area contributed by atoms with Crippen LogP contribution >= 0.6 is 0 Å². The molecule has 0 radical (unpaired) electrons. The summed E-state index contributed by atoms with van der Waals surface area (Å²) in [6.45, 7) is 8.77. The van der Waals surface area contributed by atoms with Crippen molar-refractivity contribution in [3.05, 3.63) is 0 Å². The predicted molar refractivity (Wildman–Crippen MR) is 76.3 cm³/mol. The highest BCUT2D eigenvalue weighted by Gasteiger charge is 2.35. The second-order valence-electron chi connectivity index (χ2n) is 7.19.